The van der Waals surface area contributed by atoms with Crippen LogP contribution in [0, 0.1) is 0 Å². The fraction of sp³-hybridized carbons (Fsp3) is 0.944. The van der Waals surface area contributed by atoms with Crippen molar-refractivity contribution in [3.05, 3.63) is 0 Å². The van der Waals surface area contributed by atoms with Gasteiger partial charge in [0.25, 0.3) is 0 Å². The van der Waals surface area contributed by atoms with Crippen LogP contribution in [0.1, 0.15) is 91.4 Å². The van der Waals surface area contributed by atoms with Gasteiger partial charge in [-0.15, -0.1) is 0 Å². The summed E-state index contributed by atoms with van der Waals surface area (Å²) in [4.78, 5) is 15.4. The van der Waals surface area contributed by atoms with Gasteiger partial charge in [0.05, 0.1) is 11.7 Å². The van der Waals surface area contributed by atoms with E-state index in [1.807, 2.05) is 0 Å². The first-order valence-electron chi connectivity index (χ1n) is 9.29. The topological polar surface area (TPSA) is 32.3 Å². The zero-order valence-electron chi connectivity index (χ0n) is 14.3. The average molecular weight is 294 g/mol. The van der Waals surface area contributed by atoms with Crippen LogP contribution in [0.3, 0.4) is 0 Å². The number of unbranched alkanes of at least 4 members (excludes halogenated alkanes) is 1. The largest absolute Gasteiger partial charge is 0.323 e. The SMILES string of the molecule is CCCCC(CCC)N1C(=O)C2(CCCC2)NC1CCC. The molecule has 0 aromatic heterocycles. The number of hydrogen-bond acceptors (Lipinski definition) is 2. The minimum atomic E-state index is -0.196. The summed E-state index contributed by atoms with van der Waals surface area (Å²) in [5.74, 6) is 0.424. The van der Waals surface area contributed by atoms with E-state index in [0.29, 0.717) is 11.9 Å². The maximum absolute atomic E-state index is 13.2. The van der Waals surface area contributed by atoms with Crippen LogP contribution in [-0.4, -0.2) is 28.6 Å². The van der Waals surface area contributed by atoms with Gasteiger partial charge < -0.3 is 4.90 Å². The van der Waals surface area contributed by atoms with E-state index < -0.39 is 0 Å². The van der Waals surface area contributed by atoms with Crippen molar-refractivity contribution in [2.24, 2.45) is 0 Å². The highest BCUT2D eigenvalue weighted by molar-refractivity contribution is 5.89. The Morgan fingerprint density at radius 2 is 1.86 bits per heavy atom. The Bertz CT molecular complexity index is 336. The molecule has 2 atom stereocenters. The Kier molecular flexibility index (Phi) is 6.09. The van der Waals surface area contributed by atoms with Crippen molar-refractivity contribution in [2.75, 3.05) is 0 Å². The predicted molar refractivity (Wildman–Crippen MR) is 88.1 cm³/mol. The monoisotopic (exact) mass is 294 g/mol. The Hall–Kier alpha value is -0.570. The molecule has 2 rings (SSSR count). The van der Waals surface area contributed by atoms with Crippen LogP contribution in [0.15, 0.2) is 0 Å². The molecule has 1 N–H and O–H groups in total. The van der Waals surface area contributed by atoms with Gasteiger partial charge in [0.2, 0.25) is 5.91 Å². The highest BCUT2D eigenvalue weighted by atomic mass is 16.2. The van der Waals surface area contributed by atoms with Crippen LogP contribution in [0.5, 0.6) is 0 Å². The van der Waals surface area contributed by atoms with Gasteiger partial charge in [-0.05, 0) is 32.1 Å². The van der Waals surface area contributed by atoms with Gasteiger partial charge >= 0.3 is 0 Å². The quantitative estimate of drug-likeness (QED) is 0.727. The first-order valence-corrected chi connectivity index (χ1v) is 9.29. The first kappa shape index (κ1) is 16.8. The Balaban J connectivity index is 2.16. The minimum Gasteiger partial charge on any atom is -0.323 e. The Morgan fingerprint density at radius 1 is 1.14 bits per heavy atom. The van der Waals surface area contributed by atoms with Crippen molar-refractivity contribution >= 4 is 5.91 Å². The molecule has 1 spiro atoms. The molecule has 0 bridgehead atoms. The number of rotatable bonds is 8. The highest BCUT2D eigenvalue weighted by Gasteiger charge is 2.53. The summed E-state index contributed by atoms with van der Waals surface area (Å²) in [7, 11) is 0. The van der Waals surface area contributed by atoms with Crippen molar-refractivity contribution in [3.63, 3.8) is 0 Å². The van der Waals surface area contributed by atoms with E-state index >= 15 is 0 Å². The maximum atomic E-state index is 13.2. The number of hydrogen-bond donors (Lipinski definition) is 1. The number of nitrogens with zero attached hydrogens (tertiary/aromatic N) is 1. The van der Waals surface area contributed by atoms with Crippen molar-refractivity contribution < 1.29 is 4.79 Å². The third kappa shape index (κ3) is 3.44. The van der Waals surface area contributed by atoms with Gasteiger partial charge in [0.15, 0.2) is 0 Å². The van der Waals surface area contributed by atoms with Crippen LogP contribution in [0.2, 0.25) is 0 Å². The predicted octanol–water partition coefficient (Wildman–Crippen LogP) is 4.22. The second-order valence-corrected chi connectivity index (χ2v) is 7.04. The fourth-order valence-electron chi connectivity index (χ4n) is 4.28. The highest BCUT2D eigenvalue weighted by Crippen LogP contribution is 2.39. The molecule has 2 fully saturated rings. The molecule has 0 aromatic carbocycles. The van der Waals surface area contributed by atoms with E-state index in [0.717, 1.165) is 32.1 Å². The third-order valence-electron chi connectivity index (χ3n) is 5.35. The molecular formula is C18H34N2O. The second kappa shape index (κ2) is 7.62. The Morgan fingerprint density at radius 3 is 2.43 bits per heavy atom. The normalized spacial score (nSPS) is 26.0. The number of carbonyl (C=O) groups is 1. The first-order chi connectivity index (χ1) is 10.2. The molecule has 1 saturated carbocycles. The molecule has 1 amide bonds. The van der Waals surface area contributed by atoms with Crippen molar-refractivity contribution in [2.45, 2.75) is 109 Å². The van der Waals surface area contributed by atoms with Crippen LogP contribution in [0.4, 0.5) is 0 Å². The lowest BCUT2D eigenvalue weighted by molar-refractivity contribution is -0.135. The molecule has 21 heavy (non-hydrogen) atoms. The van der Waals surface area contributed by atoms with E-state index in [1.165, 1.54) is 38.5 Å². The smallest absolute Gasteiger partial charge is 0.244 e. The van der Waals surface area contributed by atoms with Gasteiger partial charge in [-0.25, -0.2) is 0 Å². The van der Waals surface area contributed by atoms with Gasteiger partial charge in [-0.3, -0.25) is 10.1 Å². The molecule has 1 aliphatic carbocycles. The van der Waals surface area contributed by atoms with E-state index in [4.69, 9.17) is 0 Å². The lowest BCUT2D eigenvalue weighted by Gasteiger charge is -2.33. The van der Waals surface area contributed by atoms with E-state index in [1.54, 1.807) is 0 Å². The molecule has 1 heterocycles. The van der Waals surface area contributed by atoms with E-state index in [-0.39, 0.29) is 11.7 Å². The van der Waals surface area contributed by atoms with E-state index in [9.17, 15) is 4.79 Å². The number of carbonyl (C=O) groups excluding carboxylic acids is 1. The molecule has 1 aliphatic heterocycles. The lowest BCUT2D eigenvalue weighted by atomic mass is 9.96. The lowest BCUT2D eigenvalue weighted by Crippen LogP contribution is -2.45. The summed E-state index contributed by atoms with van der Waals surface area (Å²) in [5.41, 5.74) is -0.196. The molecule has 1 saturated heterocycles. The summed E-state index contributed by atoms with van der Waals surface area (Å²) in [5, 5.41) is 3.76. The molecular weight excluding hydrogens is 260 g/mol. The zero-order valence-corrected chi connectivity index (χ0v) is 14.3. The zero-order chi connectivity index (χ0) is 15.3. The van der Waals surface area contributed by atoms with Crippen LogP contribution in [0.25, 0.3) is 0 Å². The average Bonchev–Trinajstić information content (AvgIpc) is 3.04. The van der Waals surface area contributed by atoms with Crippen LogP contribution in [-0.2, 0) is 4.79 Å². The van der Waals surface area contributed by atoms with Gasteiger partial charge in [-0.1, -0.05) is 59.3 Å². The van der Waals surface area contributed by atoms with Crippen molar-refractivity contribution in [1.29, 1.82) is 0 Å². The Labute approximate surface area is 130 Å². The minimum absolute atomic E-state index is 0.196. The summed E-state index contributed by atoms with van der Waals surface area (Å²) < 4.78 is 0. The maximum Gasteiger partial charge on any atom is 0.244 e. The van der Waals surface area contributed by atoms with Gasteiger partial charge in [-0.2, -0.15) is 0 Å². The third-order valence-corrected chi connectivity index (χ3v) is 5.35. The summed E-state index contributed by atoms with van der Waals surface area (Å²) >= 11 is 0. The molecule has 0 aromatic rings. The van der Waals surface area contributed by atoms with Gasteiger partial charge in [0.1, 0.15) is 0 Å². The fourth-order valence-corrected chi connectivity index (χ4v) is 4.28. The number of amides is 1. The molecule has 3 heteroatoms. The summed E-state index contributed by atoms with van der Waals surface area (Å²) in [6.45, 7) is 6.72. The van der Waals surface area contributed by atoms with Crippen LogP contribution < -0.4 is 5.32 Å². The van der Waals surface area contributed by atoms with Crippen molar-refractivity contribution in [3.8, 4) is 0 Å². The standard InChI is InChI=1S/C18H34N2O/c1-4-7-12-15(10-5-2)20-16(11-6-3)19-18(17(20)21)13-8-9-14-18/h15-16,19H,4-14H2,1-3H3. The molecule has 2 aliphatic rings. The van der Waals surface area contributed by atoms with Crippen molar-refractivity contribution in [1.82, 2.24) is 10.2 Å². The molecule has 0 radical (unpaired) electrons. The number of nitrogens with one attached hydrogen (secondary N) is 1. The molecule has 3 nitrogen and oxygen atoms in total. The summed E-state index contributed by atoms with van der Waals surface area (Å²) in [6, 6.07) is 0.450. The summed E-state index contributed by atoms with van der Waals surface area (Å²) in [6.07, 6.45) is 13.0. The molecule has 122 valence electrons. The van der Waals surface area contributed by atoms with Crippen LogP contribution >= 0.6 is 0 Å². The molecule has 2 unspecified atom stereocenters. The second-order valence-electron chi connectivity index (χ2n) is 7.04. The van der Waals surface area contributed by atoms with Gasteiger partial charge in [0, 0.05) is 6.04 Å². The van der Waals surface area contributed by atoms with E-state index in [2.05, 4.69) is 31.0 Å².